The van der Waals surface area contributed by atoms with Crippen molar-refractivity contribution in [2.75, 3.05) is 13.0 Å². The zero-order valence-corrected chi connectivity index (χ0v) is 11.4. The lowest BCUT2D eigenvalue weighted by Gasteiger charge is -2.24. The summed E-state index contributed by atoms with van der Waals surface area (Å²) in [5.41, 5.74) is -6.41. The second-order valence-corrected chi connectivity index (χ2v) is 8.44. The first-order valence-corrected chi connectivity index (χ1v) is 8.06. The fraction of sp³-hybridized carbons (Fsp3) is 1.00. The summed E-state index contributed by atoms with van der Waals surface area (Å²) in [6.07, 6.45) is -1.15. The van der Waals surface area contributed by atoms with Gasteiger partial charge in [-0.05, 0) is 20.8 Å². The molecule has 0 rings (SSSR count). The van der Waals surface area contributed by atoms with Crippen molar-refractivity contribution in [3.8, 4) is 0 Å². The van der Waals surface area contributed by atoms with Crippen LogP contribution in [0.2, 0.25) is 0 Å². The van der Waals surface area contributed by atoms with E-state index in [-0.39, 0.29) is 0 Å². The topological polar surface area (TPSA) is 69.7 Å². The molecule has 17 heavy (non-hydrogen) atoms. The van der Waals surface area contributed by atoms with Gasteiger partial charge in [-0.15, -0.1) is 0 Å². The van der Waals surface area contributed by atoms with Crippen LogP contribution in [0, 0.1) is 0 Å². The molecule has 0 fully saturated rings. The normalized spacial score (nSPS) is 17.8. The van der Waals surface area contributed by atoms with E-state index in [0.29, 0.717) is 0 Å². The van der Waals surface area contributed by atoms with E-state index in [9.17, 15) is 26.2 Å². The van der Waals surface area contributed by atoms with Crippen LogP contribution in [0.4, 0.5) is 13.2 Å². The monoisotopic (exact) mass is 298 g/mol. The molecule has 0 saturated heterocycles. The van der Waals surface area contributed by atoms with E-state index in [0.717, 1.165) is 6.66 Å². The summed E-state index contributed by atoms with van der Waals surface area (Å²) in [5, 5.41) is 0. The molecule has 0 aliphatic rings. The number of hydrogen-bond donors (Lipinski definition) is 0. The molecule has 0 bridgehead atoms. The van der Waals surface area contributed by atoms with Crippen molar-refractivity contribution < 1.29 is 34.9 Å². The van der Waals surface area contributed by atoms with Crippen molar-refractivity contribution in [3.63, 3.8) is 0 Å². The first-order chi connectivity index (χ1) is 7.16. The van der Waals surface area contributed by atoms with Crippen LogP contribution in [0.15, 0.2) is 0 Å². The van der Waals surface area contributed by atoms with E-state index in [1.54, 1.807) is 0 Å². The molecule has 10 heteroatoms. The predicted molar refractivity (Wildman–Crippen MR) is 55.3 cm³/mol. The molecule has 0 aromatic heterocycles. The molecule has 0 N–H and O–H groups in total. The highest BCUT2D eigenvalue weighted by molar-refractivity contribution is 7.87. The van der Waals surface area contributed by atoms with Crippen LogP contribution in [-0.2, 0) is 23.4 Å². The Morgan fingerprint density at radius 3 is 1.88 bits per heavy atom. The maximum Gasteiger partial charge on any atom is 0.523 e. The van der Waals surface area contributed by atoms with Crippen LogP contribution in [0.25, 0.3) is 0 Å². The summed E-state index contributed by atoms with van der Waals surface area (Å²) >= 11 is 0. The molecule has 0 aromatic carbocycles. The summed E-state index contributed by atoms with van der Waals surface area (Å²) in [4.78, 5) is 0. The number of hydrogen-bond acceptors (Lipinski definition) is 5. The summed E-state index contributed by atoms with van der Waals surface area (Å²) in [6.45, 7) is 5.59. The van der Waals surface area contributed by atoms with Gasteiger partial charge in [-0.1, -0.05) is 0 Å². The molecule has 0 spiro atoms. The SMILES string of the molecule is CC(C)(C)OP(C)(=O)COS(=O)(=O)C(F)(F)F. The first-order valence-electron chi connectivity index (χ1n) is 4.39. The lowest BCUT2D eigenvalue weighted by molar-refractivity contribution is -0.0533. The molecule has 5 nitrogen and oxygen atoms in total. The smallest absolute Gasteiger partial charge is 0.321 e. The fourth-order valence-electron chi connectivity index (χ4n) is 0.838. The molecule has 1 atom stereocenters. The highest BCUT2D eigenvalue weighted by Gasteiger charge is 2.48. The molecule has 1 unspecified atom stereocenters. The molecule has 0 aliphatic heterocycles. The average Bonchev–Trinajstić information content (AvgIpc) is 1.94. The van der Waals surface area contributed by atoms with Crippen molar-refractivity contribution in [1.29, 1.82) is 0 Å². The molecule has 0 amide bonds. The molecule has 104 valence electrons. The Balaban J connectivity index is 4.65. The van der Waals surface area contributed by atoms with E-state index in [2.05, 4.69) is 4.18 Å². The molecule has 0 heterocycles. The number of alkyl halides is 3. The largest absolute Gasteiger partial charge is 0.523 e. The molecule has 0 radical (unpaired) electrons. The highest BCUT2D eigenvalue weighted by atomic mass is 32.2. The Kier molecular flexibility index (Phi) is 4.84. The molecular weight excluding hydrogens is 284 g/mol. The lowest BCUT2D eigenvalue weighted by Crippen LogP contribution is -2.27. The first kappa shape index (κ1) is 16.9. The minimum Gasteiger partial charge on any atom is -0.321 e. The summed E-state index contributed by atoms with van der Waals surface area (Å²) in [5.74, 6) is 0. The van der Waals surface area contributed by atoms with Gasteiger partial charge in [-0.25, -0.2) is 0 Å². The Hall–Kier alpha value is -0.110. The van der Waals surface area contributed by atoms with Gasteiger partial charge in [-0.2, -0.15) is 21.6 Å². The summed E-state index contributed by atoms with van der Waals surface area (Å²) in [7, 11) is -9.32. The molecule has 0 saturated carbocycles. The molecule has 0 aromatic rings. The average molecular weight is 298 g/mol. The zero-order valence-electron chi connectivity index (χ0n) is 9.74. The van der Waals surface area contributed by atoms with Crippen LogP contribution in [0.3, 0.4) is 0 Å². The van der Waals surface area contributed by atoms with Gasteiger partial charge in [0.05, 0.1) is 5.60 Å². The van der Waals surface area contributed by atoms with Crippen molar-refractivity contribution >= 4 is 17.5 Å². The maximum absolute atomic E-state index is 11.9. The van der Waals surface area contributed by atoms with E-state index in [4.69, 9.17) is 4.52 Å². The third-order valence-electron chi connectivity index (χ3n) is 1.19. The van der Waals surface area contributed by atoms with Crippen LogP contribution in [0.1, 0.15) is 20.8 Å². The van der Waals surface area contributed by atoms with Crippen LogP contribution in [0.5, 0.6) is 0 Å². The van der Waals surface area contributed by atoms with Crippen molar-refractivity contribution in [2.24, 2.45) is 0 Å². The van der Waals surface area contributed by atoms with Gasteiger partial charge in [0.2, 0.25) is 7.37 Å². The predicted octanol–water partition coefficient (Wildman–Crippen LogP) is 2.53. The Labute approximate surface area is 97.9 Å². The van der Waals surface area contributed by atoms with Crippen LogP contribution in [-0.4, -0.2) is 32.5 Å². The third-order valence-corrected chi connectivity index (χ3v) is 3.89. The van der Waals surface area contributed by atoms with Crippen molar-refractivity contribution in [2.45, 2.75) is 31.9 Å². The third kappa shape index (κ3) is 6.40. The minimum atomic E-state index is -5.74. The second kappa shape index (κ2) is 4.87. The Bertz CT molecular complexity index is 408. The van der Waals surface area contributed by atoms with Crippen molar-refractivity contribution in [1.82, 2.24) is 0 Å². The van der Waals surface area contributed by atoms with E-state index >= 15 is 0 Å². The van der Waals surface area contributed by atoms with E-state index in [1.807, 2.05) is 0 Å². The number of halogens is 3. The van der Waals surface area contributed by atoms with Gasteiger partial charge < -0.3 is 4.52 Å². The minimum absolute atomic E-state index is 0.879. The van der Waals surface area contributed by atoms with Crippen LogP contribution < -0.4 is 0 Å². The highest BCUT2D eigenvalue weighted by Crippen LogP contribution is 2.47. The second-order valence-electron chi connectivity index (χ2n) is 4.36. The Morgan fingerprint density at radius 1 is 1.18 bits per heavy atom. The van der Waals surface area contributed by atoms with Gasteiger partial charge in [0, 0.05) is 6.66 Å². The van der Waals surface area contributed by atoms with Gasteiger partial charge >= 0.3 is 15.6 Å². The van der Waals surface area contributed by atoms with Crippen molar-refractivity contribution in [3.05, 3.63) is 0 Å². The summed E-state index contributed by atoms with van der Waals surface area (Å²) in [6, 6.07) is 0. The van der Waals surface area contributed by atoms with Gasteiger partial charge in [0.15, 0.2) is 0 Å². The van der Waals surface area contributed by atoms with E-state index in [1.165, 1.54) is 20.8 Å². The number of rotatable bonds is 4. The van der Waals surface area contributed by atoms with Gasteiger partial charge in [0.1, 0.15) is 6.35 Å². The fourth-order valence-corrected chi connectivity index (χ4v) is 3.50. The molecular formula is C7H14F3O5PS. The lowest BCUT2D eigenvalue weighted by atomic mass is 10.2. The standard InChI is InChI=1S/C7H14F3O5PS/c1-6(2,3)15-16(4,11)5-14-17(12,13)7(8,9)10/h5H2,1-4H3. The molecule has 0 aliphatic carbocycles. The van der Waals surface area contributed by atoms with Crippen LogP contribution >= 0.6 is 7.37 Å². The van der Waals surface area contributed by atoms with E-state index < -0.39 is 34.9 Å². The van der Waals surface area contributed by atoms with Gasteiger partial charge in [-0.3, -0.25) is 8.75 Å². The zero-order chi connectivity index (χ0) is 14.1. The van der Waals surface area contributed by atoms with Gasteiger partial charge in [0.25, 0.3) is 0 Å². The maximum atomic E-state index is 11.9. The Morgan fingerprint density at radius 2 is 1.59 bits per heavy atom. The summed E-state index contributed by atoms with van der Waals surface area (Å²) < 4.78 is 77.0. The quantitative estimate of drug-likeness (QED) is 0.453.